The zero-order valence-electron chi connectivity index (χ0n) is 14.4. The van der Waals surface area contributed by atoms with Crippen LogP contribution in [0.3, 0.4) is 0 Å². The Morgan fingerprint density at radius 3 is 2.77 bits per heavy atom. The molecule has 3 rings (SSSR count). The third kappa shape index (κ3) is 4.98. The minimum absolute atomic E-state index is 0.0558. The topological polar surface area (TPSA) is 45.7 Å². The normalized spacial score (nSPS) is 15.7. The van der Waals surface area contributed by atoms with Gasteiger partial charge >= 0.3 is 6.61 Å². The molecule has 1 fully saturated rings. The SMILES string of the molecule is O=C(c1ccccn1)N1CCCN(Cc2cccc(OC(F)F)c2)CC1. The number of pyridine rings is 1. The Kier molecular flexibility index (Phi) is 6.12. The van der Waals surface area contributed by atoms with Crippen molar-refractivity contribution < 1.29 is 18.3 Å². The Morgan fingerprint density at radius 2 is 2.00 bits per heavy atom. The summed E-state index contributed by atoms with van der Waals surface area (Å²) in [6.07, 6.45) is 2.47. The van der Waals surface area contributed by atoms with E-state index >= 15 is 0 Å². The fourth-order valence-corrected chi connectivity index (χ4v) is 3.06. The van der Waals surface area contributed by atoms with Crippen molar-refractivity contribution in [1.29, 1.82) is 0 Å². The molecule has 7 heteroatoms. The van der Waals surface area contributed by atoms with Crippen LogP contribution in [-0.4, -0.2) is 53.5 Å². The lowest BCUT2D eigenvalue weighted by Crippen LogP contribution is -2.35. The minimum atomic E-state index is -2.82. The number of alkyl halides is 2. The molecular weight excluding hydrogens is 340 g/mol. The van der Waals surface area contributed by atoms with Gasteiger partial charge in [0.2, 0.25) is 0 Å². The van der Waals surface area contributed by atoms with Crippen LogP contribution >= 0.6 is 0 Å². The Labute approximate surface area is 151 Å². The van der Waals surface area contributed by atoms with Gasteiger partial charge in [0, 0.05) is 38.9 Å². The smallest absolute Gasteiger partial charge is 0.387 e. The first kappa shape index (κ1) is 18.3. The van der Waals surface area contributed by atoms with Gasteiger partial charge in [0.15, 0.2) is 0 Å². The third-order valence-corrected chi connectivity index (χ3v) is 4.29. The first-order valence-corrected chi connectivity index (χ1v) is 8.58. The van der Waals surface area contributed by atoms with E-state index in [-0.39, 0.29) is 11.7 Å². The van der Waals surface area contributed by atoms with Gasteiger partial charge < -0.3 is 9.64 Å². The average molecular weight is 361 g/mol. The van der Waals surface area contributed by atoms with Crippen LogP contribution in [0, 0.1) is 0 Å². The van der Waals surface area contributed by atoms with E-state index in [2.05, 4.69) is 14.6 Å². The fourth-order valence-electron chi connectivity index (χ4n) is 3.06. The van der Waals surface area contributed by atoms with Gasteiger partial charge in [-0.3, -0.25) is 14.7 Å². The van der Waals surface area contributed by atoms with Crippen LogP contribution in [0.5, 0.6) is 5.75 Å². The standard InChI is InChI=1S/C19H21F2N3O2/c20-19(21)26-16-6-3-5-15(13-16)14-23-9-4-10-24(12-11-23)18(25)17-7-1-2-8-22-17/h1-3,5-8,13,19H,4,9-12,14H2. The van der Waals surface area contributed by atoms with E-state index in [1.165, 1.54) is 6.07 Å². The third-order valence-electron chi connectivity index (χ3n) is 4.29. The van der Waals surface area contributed by atoms with Crippen molar-refractivity contribution in [3.05, 3.63) is 59.9 Å². The second-order valence-corrected chi connectivity index (χ2v) is 6.16. The van der Waals surface area contributed by atoms with Crippen LogP contribution in [0.15, 0.2) is 48.7 Å². The van der Waals surface area contributed by atoms with Crippen molar-refractivity contribution in [3.8, 4) is 5.75 Å². The lowest BCUT2D eigenvalue weighted by Gasteiger charge is -2.22. The van der Waals surface area contributed by atoms with Crippen molar-refractivity contribution >= 4 is 5.91 Å². The number of rotatable bonds is 5. The van der Waals surface area contributed by atoms with Crippen LogP contribution in [0.1, 0.15) is 22.5 Å². The molecule has 2 aromatic rings. The summed E-state index contributed by atoms with van der Waals surface area (Å²) in [7, 11) is 0. The van der Waals surface area contributed by atoms with E-state index in [4.69, 9.17) is 0 Å². The number of halogens is 2. The molecular formula is C19H21F2N3O2. The summed E-state index contributed by atoms with van der Waals surface area (Å²) in [5.41, 5.74) is 1.37. The maximum atomic E-state index is 12.5. The van der Waals surface area contributed by atoms with Gasteiger partial charge in [0.25, 0.3) is 5.91 Å². The van der Waals surface area contributed by atoms with Gasteiger partial charge in [-0.15, -0.1) is 0 Å². The molecule has 1 aliphatic rings. The number of hydrogen-bond acceptors (Lipinski definition) is 4. The first-order chi connectivity index (χ1) is 12.6. The highest BCUT2D eigenvalue weighted by Crippen LogP contribution is 2.18. The lowest BCUT2D eigenvalue weighted by molar-refractivity contribution is -0.0499. The molecule has 1 aromatic heterocycles. The van der Waals surface area contributed by atoms with Crippen LogP contribution in [0.25, 0.3) is 0 Å². The van der Waals surface area contributed by atoms with Gasteiger partial charge in [0.1, 0.15) is 11.4 Å². The molecule has 5 nitrogen and oxygen atoms in total. The van der Waals surface area contributed by atoms with Crippen LogP contribution in [-0.2, 0) is 6.54 Å². The predicted molar refractivity (Wildman–Crippen MR) is 93.1 cm³/mol. The number of hydrogen-bond donors (Lipinski definition) is 0. The molecule has 0 atom stereocenters. The lowest BCUT2D eigenvalue weighted by atomic mass is 10.2. The molecule has 0 aliphatic carbocycles. The van der Waals surface area contributed by atoms with Crippen LogP contribution in [0.2, 0.25) is 0 Å². The van der Waals surface area contributed by atoms with E-state index in [1.807, 2.05) is 11.0 Å². The van der Waals surface area contributed by atoms with Gasteiger partial charge in [0.05, 0.1) is 0 Å². The van der Waals surface area contributed by atoms with Gasteiger partial charge in [-0.2, -0.15) is 8.78 Å². The monoisotopic (exact) mass is 361 g/mol. The van der Waals surface area contributed by atoms with Gasteiger partial charge in [-0.05, 0) is 36.2 Å². The predicted octanol–water partition coefficient (Wildman–Crippen LogP) is 3.03. The molecule has 0 saturated carbocycles. The highest BCUT2D eigenvalue weighted by Gasteiger charge is 2.21. The zero-order chi connectivity index (χ0) is 18.4. The molecule has 2 heterocycles. The second kappa shape index (κ2) is 8.71. The average Bonchev–Trinajstić information content (AvgIpc) is 2.87. The number of nitrogens with zero attached hydrogens (tertiary/aromatic N) is 3. The Hall–Kier alpha value is -2.54. The van der Waals surface area contributed by atoms with E-state index in [1.54, 1.807) is 36.5 Å². The summed E-state index contributed by atoms with van der Waals surface area (Å²) in [6, 6.07) is 12.1. The van der Waals surface area contributed by atoms with E-state index < -0.39 is 6.61 Å². The van der Waals surface area contributed by atoms with Crippen molar-refractivity contribution in [2.75, 3.05) is 26.2 Å². The molecule has 138 valence electrons. The molecule has 26 heavy (non-hydrogen) atoms. The van der Waals surface area contributed by atoms with E-state index in [9.17, 15) is 13.6 Å². The maximum absolute atomic E-state index is 12.5. The number of amides is 1. The quantitative estimate of drug-likeness (QED) is 0.821. The van der Waals surface area contributed by atoms with Crippen LogP contribution in [0.4, 0.5) is 8.78 Å². The highest BCUT2D eigenvalue weighted by atomic mass is 19.3. The summed E-state index contributed by atoms with van der Waals surface area (Å²) < 4.78 is 29.2. The van der Waals surface area contributed by atoms with Gasteiger partial charge in [-0.1, -0.05) is 18.2 Å². The Balaban J connectivity index is 1.58. The largest absolute Gasteiger partial charge is 0.435 e. The summed E-state index contributed by atoms with van der Waals surface area (Å²) >= 11 is 0. The molecule has 1 saturated heterocycles. The van der Waals surface area contributed by atoms with Crippen molar-refractivity contribution in [2.24, 2.45) is 0 Å². The second-order valence-electron chi connectivity index (χ2n) is 6.16. The van der Waals surface area contributed by atoms with Crippen molar-refractivity contribution in [2.45, 2.75) is 19.6 Å². The molecule has 0 radical (unpaired) electrons. The molecule has 0 bridgehead atoms. The molecule has 0 unspecified atom stereocenters. The van der Waals surface area contributed by atoms with Crippen molar-refractivity contribution in [1.82, 2.24) is 14.8 Å². The number of carbonyl (C=O) groups is 1. The summed E-state index contributed by atoms with van der Waals surface area (Å²) in [4.78, 5) is 20.7. The Morgan fingerprint density at radius 1 is 1.12 bits per heavy atom. The van der Waals surface area contributed by atoms with Gasteiger partial charge in [-0.25, -0.2) is 0 Å². The summed E-state index contributed by atoms with van der Waals surface area (Å²) in [5, 5.41) is 0. The zero-order valence-corrected chi connectivity index (χ0v) is 14.4. The number of aromatic nitrogens is 1. The molecule has 0 spiro atoms. The van der Waals surface area contributed by atoms with Crippen molar-refractivity contribution in [3.63, 3.8) is 0 Å². The molecule has 1 aliphatic heterocycles. The molecule has 0 N–H and O–H groups in total. The van der Waals surface area contributed by atoms with E-state index in [0.717, 1.165) is 25.1 Å². The highest BCUT2D eigenvalue weighted by molar-refractivity contribution is 5.92. The van der Waals surface area contributed by atoms with Crippen LogP contribution < -0.4 is 4.74 Å². The number of benzene rings is 1. The Bertz CT molecular complexity index is 728. The maximum Gasteiger partial charge on any atom is 0.387 e. The number of ether oxygens (including phenoxy) is 1. The minimum Gasteiger partial charge on any atom is -0.435 e. The molecule has 1 amide bonds. The van der Waals surface area contributed by atoms with E-state index in [0.29, 0.717) is 25.3 Å². The number of carbonyl (C=O) groups excluding carboxylic acids is 1. The fraction of sp³-hybridized carbons (Fsp3) is 0.368. The summed E-state index contributed by atoms with van der Waals surface area (Å²) in [6.45, 7) is 0.661. The molecule has 1 aromatic carbocycles. The first-order valence-electron chi connectivity index (χ1n) is 8.58. The summed E-state index contributed by atoms with van der Waals surface area (Å²) in [5.74, 6) is 0.110.